The molecule has 4 rings (SSSR count). The maximum atomic E-state index is 13.3. The van der Waals surface area contributed by atoms with Crippen molar-refractivity contribution in [3.63, 3.8) is 0 Å². The van der Waals surface area contributed by atoms with Crippen LogP contribution < -0.4 is 10.1 Å². The van der Waals surface area contributed by atoms with Crippen molar-refractivity contribution in [2.24, 2.45) is 0 Å². The van der Waals surface area contributed by atoms with E-state index in [0.717, 1.165) is 29.7 Å². The Kier molecular flexibility index (Phi) is 4.30. The van der Waals surface area contributed by atoms with Crippen molar-refractivity contribution in [3.8, 4) is 5.75 Å². The predicted molar refractivity (Wildman–Crippen MR) is 100 cm³/mol. The summed E-state index contributed by atoms with van der Waals surface area (Å²) in [5.74, 6) is -0.566. The third-order valence-corrected chi connectivity index (χ3v) is 5.49. The van der Waals surface area contributed by atoms with Gasteiger partial charge in [0.05, 0.1) is 19.2 Å². The maximum absolute atomic E-state index is 13.3. The van der Waals surface area contributed by atoms with E-state index < -0.39 is 17.5 Å². The molecule has 0 radical (unpaired) electrons. The summed E-state index contributed by atoms with van der Waals surface area (Å²) in [5, 5.41) is 11.9. The van der Waals surface area contributed by atoms with Crippen LogP contribution >= 0.6 is 0 Å². The molecule has 0 aromatic heterocycles. The van der Waals surface area contributed by atoms with Gasteiger partial charge in [-0.2, -0.15) is 0 Å². The molecule has 7 nitrogen and oxygen atoms in total. The number of nitrogens with one attached hydrogen (secondary N) is 1. The highest BCUT2D eigenvalue weighted by atomic mass is 16.5. The van der Waals surface area contributed by atoms with Crippen LogP contribution in [-0.4, -0.2) is 35.0 Å². The van der Waals surface area contributed by atoms with Gasteiger partial charge in [0.15, 0.2) is 0 Å². The Morgan fingerprint density at radius 1 is 1.21 bits per heavy atom. The summed E-state index contributed by atoms with van der Waals surface area (Å²) in [6.45, 7) is 0.0950. The number of carboxylic acid groups (broad SMARTS) is 1. The second-order valence-corrected chi connectivity index (χ2v) is 7.11. The summed E-state index contributed by atoms with van der Waals surface area (Å²) in [6, 6.07) is 11.3. The number of rotatable bonds is 4. The van der Waals surface area contributed by atoms with Gasteiger partial charge < -0.3 is 15.2 Å². The first-order chi connectivity index (χ1) is 13.4. The molecule has 0 bridgehead atoms. The largest absolute Gasteiger partial charge is 0.497 e. The molecular weight excluding hydrogens is 360 g/mol. The Bertz CT molecular complexity index is 969. The van der Waals surface area contributed by atoms with E-state index in [9.17, 15) is 14.4 Å². The Labute approximate surface area is 161 Å². The predicted octanol–water partition coefficient (Wildman–Crippen LogP) is 2.68. The molecule has 28 heavy (non-hydrogen) atoms. The SMILES string of the molecule is COc1ccc2c(c1)CCCC21NC(=O)N(Cc2ccc(C(=O)O)cc2)C1=O. The van der Waals surface area contributed by atoms with Crippen molar-refractivity contribution in [2.75, 3.05) is 7.11 Å². The fourth-order valence-electron chi connectivity index (χ4n) is 4.06. The van der Waals surface area contributed by atoms with E-state index in [0.29, 0.717) is 12.0 Å². The Hall–Kier alpha value is -3.35. The number of methoxy groups -OCH3 is 1. The number of benzene rings is 2. The first-order valence-electron chi connectivity index (χ1n) is 9.08. The molecule has 0 saturated carbocycles. The molecule has 1 aliphatic heterocycles. The molecule has 2 aromatic carbocycles. The second-order valence-electron chi connectivity index (χ2n) is 7.11. The number of carboxylic acids is 1. The van der Waals surface area contributed by atoms with Gasteiger partial charge in [-0.05, 0) is 60.2 Å². The number of aromatic carboxylic acids is 1. The van der Waals surface area contributed by atoms with Crippen LogP contribution in [0.15, 0.2) is 42.5 Å². The van der Waals surface area contributed by atoms with Crippen LogP contribution in [0.5, 0.6) is 5.75 Å². The van der Waals surface area contributed by atoms with Gasteiger partial charge in [-0.3, -0.25) is 9.69 Å². The molecule has 2 N–H and O–H groups in total. The van der Waals surface area contributed by atoms with E-state index in [1.807, 2.05) is 12.1 Å². The zero-order chi connectivity index (χ0) is 19.9. The minimum absolute atomic E-state index is 0.0950. The number of urea groups is 1. The molecule has 144 valence electrons. The number of carbonyl (C=O) groups excluding carboxylic acids is 2. The standard InChI is InChI=1S/C21H20N2O5/c1-28-16-8-9-17-15(11-16)3-2-10-21(17)19(26)23(20(27)22-21)12-13-4-6-14(7-5-13)18(24)25/h4-9,11H,2-3,10,12H2,1H3,(H,22,27)(H,24,25). The lowest BCUT2D eigenvalue weighted by Gasteiger charge is -2.33. The molecule has 1 spiro atoms. The summed E-state index contributed by atoms with van der Waals surface area (Å²) >= 11 is 0. The number of carbonyl (C=O) groups is 3. The Morgan fingerprint density at radius 2 is 1.96 bits per heavy atom. The summed E-state index contributed by atoms with van der Waals surface area (Å²) in [5.41, 5.74) is 1.63. The van der Waals surface area contributed by atoms with Crippen LogP contribution in [0.3, 0.4) is 0 Å². The molecule has 2 aliphatic rings. The minimum Gasteiger partial charge on any atom is -0.497 e. The van der Waals surface area contributed by atoms with Gasteiger partial charge in [0, 0.05) is 0 Å². The normalized spacial score (nSPS) is 20.8. The van der Waals surface area contributed by atoms with Crippen LogP contribution in [0.25, 0.3) is 0 Å². The van der Waals surface area contributed by atoms with E-state index >= 15 is 0 Å². The number of fused-ring (bicyclic) bond motifs is 2. The van der Waals surface area contributed by atoms with Gasteiger partial charge in [0.25, 0.3) is 5.91 Å². The summed E-state index contributed by atoms with van der Waals surface area (Å²) in [7, 11) is 1.60. The number of ether oxygens (including phenoxy) is 1. The number of imide groups is 1. The third-order valence-electron chi connectivity index (χ3n) is 5.49. The molecule has 1 fully saturated rings. The van der Waals surface area contributed by atoms with Crippen LogP contribution in [0.1, 0.15) is 39.9 Å². The van der Waals surface area contributed by atoms with Gasteiger partial charge >= 0.3 is 12.0 Å². The number of hydrogen-bond acceptors (Lipinski definition) is 4. The Morgan fingerprint density at radius 3 is 2.64 bits per heavy atom. The lowest BCUT2D eigenvalue weighted by Crippen LogP contribution is -2.46. The molecular formula is C21H20N2O5. The third kappa shape index (κ3) is 2.79. The average Bonchev–Trinajstić information content (AvgIpc) is 2.93. The molecule has 1 aliphatic carbocycles. The Balaban J connectivity index is 1.64. The van der Waals surface area contributed by atoms with Crippen LogP contribution in [0, 0.1) is 0 Å². The van der Waals surface area contributed by atoms with Crippen molar-refractivity contribution in [3.05, 3.63) is 64.7 Å². The van der Waals surface area contributed by atoms with Gasteiger partial charge in [0.2, 0.25) is 0 Å². The fourth-order valence-corrected chi connectivity index (χ4v) is 4.06. The average molecular weight is 380 g/mol. The smallest absolute Gasteiger partial charge is 0.335 e. The zero-order valence-corrected chi connectivity index (χ0v) is 15.4. The molecule has 2 aromatic rings. The summed E-state index contributed by atoms with van der Waals surface area (Å²) in [6.07, 6.45) is 2.16. The van der Waals surface area contributed by atoms with E-state index in [1.54, 1.807) is 25.3 Å². The minimum atomic E-state index is -1.04. The summed E-state index contributed by atoms with van der Waals surface area (Å²) in [4.78, 5) is 38.1. The van der Waals surface area contributed by atoms with E-state index in [2.05, 4.69) is 5.32 Å². The van der Waals surface area contributed by atoms with Crippen LogP contribution in [-0.2, 0) is 23.3 Å². The highest BCUT2D eigenvalue weighted by molar-refractivity contribution is 6.07. The lowest BCUT2D eigenvalue weighted by molar-refractivity contribution is -0.132. The molecule has 1 saturated heterocycles. The molecule has 1 heterocycles. The molecule has 3 amide bonds. The van der Waals surface area contributed by atoms with Crippen molar-refractivity contribution >= 4 is 17.9 Å². The number of amides is 3. The highest BCUT2D eigenvalue weighted by Crippen LogP contribution is 2.41. The zero-order valence-electron chi connectivity index (χ0n) is 15.4. The first kappa shape index (κ1) is 18.0. The van der Waals surface area contributed by atoms with Crippen molar-refractivity contribution in [2.45, 2.75) is 31.3 Å². The first-order valence-corrected chi connectivity index (χ1v) is 9.08. The van der Waals surface area contributed by atoms with E-state index in [-0.39, 0.29) is 18.0 Å². The molecule has 1 atom stereocenters. The van der Waals surface area contributed by atoms with Crippen LogP contribution in [0.2, 0.25) is 0 Å². The van der Waals surface area contributed by atoms with Gasteiger partial charge in [0.1, 0.15) is 11.3 Å². The van der Waals surface area contributed by atoms with Crippen molar-refractivity contribution in [1.29, 1.82) is 0 Å². The summed E-state index contributed by atoms with van der Waals surface area (Å²) < 4.78 is 5.28. The lowest BCUT2D eigenvalue weighted by atomic mass is 9.76. The molecule has 7 heteroatoms. The quantitative estimate of drug-likeness (QED) is 0.795. The number of aryl methyl sites for hydroxylation is 1. The van der Waals surface area contributed by atoms with Crippen LogP contribution in [0.4, 0.5) is 4.79 Å². The maximum Gasteiger partial charge on any atom is 0.335 e. The monoisotopic (exact) mass is 380 g/mol. The fraction of sp³-hybridized carbons (Fsp3) is 0.286. The van der Waals surface area contributed by atoms with Gasteiger partial charge in [-0.1, -0.05) is 18.2 Å². The number of hydrogen-bond donors (Lipinski definition) is 2. The van der Waals surface area contributed by atoms with Gasteiger partial charge in [-0.15, -0.1) is 0 Å². The van der Waals surface area contributed by atoms with Crippen molar-refractivity contribution in [1.82, 2.24) is 10.2 Å². The highest BCUT2D eigenvalue weighted by Gasteiger charge is 2.53. The van der Waals surface area contributed by atoms with E-state index in [1.165, 1.54) is 17.0 Å². The topological polar surface area (TPSA) is 95.9 Å². The van der Waals surface area contributed by atoms with Gasteiger partial charge in [-0.25, -0.2) is 9.59 Å². The number of nitrogens with zero attached hydrogens (tertiary/aromatic N) is 1. The van der Waals surface area contributed by atoms with Crippen molar-refractivity contribution < 1.29 is 24.2 Å². The molecule has 1 unspecified atom stereocenters. The van der Waals surface area contributed by atoms with E-state index in [4.69, 9.17) is 9.84 Å². The second kappa shape index (κ2) is 6.67.